The van der Waals surface area contributed by atoms with Crippen LogP contribution >= 0.6 is 0 Å². The molecule has 7 heteroatoms. The van der Waals surface area contributed by atoms with Crippen molar-refractivity contribution < 1.29 is 34.1 Å². The molecular weight excluding hydrogens is 400 g/mol. The van der Waals surface area contributed by atoms with E-state index >= 15 is 0 Å². The topological polar surface area (TPSA) is 118 Å². The van der Waals surface area contributed by atoms with E-state index in [1.54, 1.807) is 24.3 Å². The van der Waals surface area contributed by atoms with Crippen LogP contribution in [0.1, 0.15) is 59.8 Å². The van der Waals surface area contributed by atoms with Gasteiger partial charge in [-0.2, -0.15) is 0 Å². The molecule has 2 aromatic carbocycles. The molecule has 0 spiro atoms. The fourth-order valence-corrected chi connectivity index (χ4v) is 3.71. The average molecular weight is 426 g/mol. The Hall–Kier alpha value is -3.48. The first-order chi connectivity index (χ1) is 14.7. The summed E-state index contributed by atoms with van der Waals surface area (Å²) in [6.45, 7) is 3.64. The molecule has 31 heavy (non-hydrogen) atoms. The molecule has 0 bridgehead atoms. The Bertz CT molecular complexity index is 886. The van der Waals surface area contributed by atoms with E-state index in [-0.39, 0.29) is 25.7 Å². The number of benzene rings is 2. The molecule has 7 nitrogen and oxygen atoms in total. The second-order valence-electron chi connectivity index (χ2n) is 7.56. The second kappa shape index (κ2) is 11.1. The third-order valence-corrected chi connectivity index (χ3v) is 5.15. The molecule has 2 N–H and O–H groups in total. The quantitative estimate of drug-likeness (QED) is 0.436. The fraction of sp³-hybridized carbons (Fsp3) is 0.333. The van der Waals surface area contributed by atoms with Crippen molar-refractivity contribution in [3.8, 4) is 0 Å². The molecule has 0 aromatic heterocycles. The first-order valence-electron chi connectivity index (χ1n) is 9.95. The van der Waals surface area contributed by atoms with E-state index in [9.17, 15) is 29.4 Å². The molecule has 2 atom stereocenters. The van der Waals surface area contributed by atoms with Gasteiger partial charge < -0.3 is 14.9 Å². The highest BCUT2D eigenvalue weighted by Gasteiger charge is 2.26. The van der Waals surface area contributed by atoms with E-state index in [1.165, 1.54) is 0 Å². The van der Waals surface area contributed by atoms with Crippen molar-refractivity contribution in [3.05, 3.63) is 70.8 Å². The SMILES string of the molecule is Cc1ccccc1C(CC(=O)O)CC(=O)OC(=O)CC(CC(=O)O)c1ccccc1C. The zero-order chi connectivity index (χ0) is 23.0. The number of rotatable bonds is 10. The standard InChI is InChI=1S/C24H26O7/c1-15-7-3-5-9-19(15)17(11-21(25)26)13-23(29)31-24(30)14-18(12-22(27)28)20-10-6-4-8-16(20)2/h3-10,17-18H,11-14H2,1-2H3,(H,25,26)(H,27,28). The first kappa shape index (κ1) is 23.8. The van der Waals surface area contributed by atoms with Gasteiger partial charge >= 0.3 is 23.9 Å². The van der Waals surface area contributed by atoms with Crippen LogP contribution in [0.5, 0.6) is 0 Å². The Morgan fingerprint density at radius 1 is 0.677 bits per heavy atom. The minimum Gasteiger partial charge on any atom is -0.481 e. The fourth-order valence-electron chi connectivity index (χ4n) is 3.71. The largest absolute Gasteiger partial charge is 0.481 e. The van der Waals surface area contributed by atoms with Crippen molar-refractivity contribution in [1.29, 1.82) is 0 Å². The molecule has 0 saturated carbocycles. The van der Waals surface area contributed by atoms with E-state index in [4.69, 9.17) is 4.74 Å². The minimum atomic E-state index is -1.06. The summed E-state index contributed by atoms with van der Waals surface area (Å²) in [7, 11) is 0. The summed E-state index contributed by atoms with van der Waals surface area (Å²) in [6.07, 6.45) is -1.09. The summed E-state index contributed by atoms with van der Waals surface area (Å²) >= 11 is 0. The monoisotopic (exact) mass is 426 g/mol. The smallest absolute Gasteiger partial charge is 0.314 e. The molecule has 0 saturated heterocycles. The Labute approximate surface area is 180 Å². The van der Waals surface area contributed by atoms with Crippen LogP contribution in [-0.2, 0) is 23.9 Å². The number of esters is 2. The molecule has 2 rings (SSSR count). The number of carboxylic acids is 2. The Kier molecular flexibility index (Phi) is 8.49. The molecule has 0 aliphatic carbocycles. The highest BCUT2D eigenvalue weighted by molar-refractivity contribution is 5.87. The van der Waals surface area contributed by atoms with Crippen molar-refractivity contribution in [2.45, 2.75) is 51.4 Å². The van der Waals surface area contributed by atoms with Crippen molar-refractivity contribution in [1.82, 2.24) is 0 Å². The number of carbonyl (C=O) groups excluding carboxylic acids is 2. The predicted octanol–water partition coefficient (Wildman–Crippen LogP) is 3.97. The maximum atomic E-state index is 12.4. The van der Waals surface area contributed by atoms with E-state index in [1.807, 2.05) is 38.1 Å². The molecule has 2 aromatic rings. The van der Waals surface area contributed by atoms with Gasteiger partial charge in [0.05, 0.1) is 25.7 Å². The van der Waals surface area contributed by atoms with Gasteiger partial charge in [0.25, 0.3) is 0 Å². The second-order valence-corrected chi connectivity index (χ2v) is 7.56. The molecule has 2 unspecified atom stereocenters. The Morgan fingerprint density at radius 2 is 1.03 bits per heavy atom. The van der Waals surface area contributed by atoms with Gasteiger partial charge in [0.2, 0.25) is 0 Å². The lowest BCUT2D eigenvalue weighted by Gasteiger charge is -2.18. The zero-order valence-electron chi connectivity index (χ0n) is 17.5. The highest BCUT2D eigenvalue weighted by atomic mass is 16.6. The van der Waals surface area contributed by atoms with Crippen LogP contribution in [0, 0.1) is 13.8 Å². The van der Waals surface area contributed by atoms with Crippen LogP contribution in [0.2, 0.25) is 0 Å². The van der Waals surface area contributed by atoms with E-state index in [0.717, 1.165) is 11.1 Å². The van der Waals surface area contributed by atoms with Crippen LogP contribution in [-0.4, -0.2) is 34.1 Å². The van der Waals surface area contributed by atoms with E-state index in [0.29, 0.717) is 11.1 Å². The maximum Gasteiger partial charge on any atom is 0.314 e. The summed E-state index contributed by atoms with van der Waals surface area (Å²) < 4.78 is 4.93. The third kappa shape index (κ3) is 7.37. The van der Waals surface area contributed by atoms with Gasteiger partial charge in [0.1, 0.15) is 0 Å². The number of aliphatic carboxylic acids is 2. The van der Waals surface area contributed by atoms with E-state index in [2.05, 4.69) is 0 Å². The number of carbonyl (C=O) groups is 4. The van der Waals surface area contributed by atoms with Crippen molar-refractivity contribution in [2.75, 3.05) is 0 Å². The number of hydrogen-bond acceptors (Lipinski definition) is 5. The van der Waals surface area contributed by atoms with Crippen LogP contribution in [0.3, 0.4) is 0 Å². The van der Waals surface area contributed by atoms with Gasteiger partial charge in [-0.05, 0) is 36.1 Å². The lowest BCUT2D eigenvalue weighted by Crippen LogP contribution is -2.20. The molecule has 0 fully saturated rings. The summed E-state index contributed by atoms with van der Waals surface area (Å²) in [5.74, 6) is -5.06. The molecular formula is C24H26O7. The van der Waals surface area contributed by atoms with Crippen LogP contribution in [0.25, 0.3) is 0 Å². The lowest BCUT2D eigenvalue weighted by atomic mass is 9.89. The molecule has 0 radical (unpaired) electrons. The normalized spacial score (nSPS) is 12.6. The predicted molar refractivity (Wildman–Crippen MR) is 113 cm³/mol. The third-order valence-electron chi connectivity index (χ3n) is 5.15. The Balaban J connectivity index is 2.09. The highest BCUT2D eigenvalue weighted by Crippen LogP contribution is 2.29. The van der Waals surface area contributed by atoms with Crippen molar-refractivity contribution in [2.24, 2.45) is 0 Å². The van der Waals surface area contributed by atoms with E-state index < -0.39 is 35.7 Å². The number of ether oxygens (including phenoxy) is 1. The summed E-state index contributed by atoms with van der Waals surface area (Å²) in [4.78, 5) is 47.3. The molecule has 0 aliphatic rings. The van der Waals surface area contributed by atoms with Crippen LogP contribution in [0.15, 0.2) is 48.5 Å². The first-order valence-corrected chi connectivity index (χ1v) is 9.95. The van der Waals surface area contributed by atoms with Gasteiger partial charge in [-0.15, -0.1) is 0 Å². The van der Waals surface area contributed by atoms with Gasteiger partial charge in [-0.3, -0.25) is 19.2 Å². The van der Waals surface area contributed by atoms with Crippen LogP contribution < -0.4 is 0 Å². The average Bonchev–Trinajstić information content (AvgIpc) is 2.67. The number of carboxylic acid groups (broad SMARTS) is 2. The summed E-state index contributed by atoms with van der Waals surface area (Å²) in [5.41, 5.74) is 3.10. The molecule has 164 valence electrons. The maximum absolute atomic E-state index is 12.4. The van der Waals surface area contributed by atoms with Gasteiger partial charge in [-0.25, -0.2) is 0 Å². The lowest BCUT2D eigenvalue weighted by molar-refractivity contribution is -0.160. The molecule has 0 amide bonds. The van der Waals surface area contributed by atoms with Gasteiger partial charge in [-0.1, -0.05) is 48.5 Å². The van der Waals surface area contributed by atoms with Crippen LogP contribution in [0.4, 0.5) is 0 Å². The molecule has 0 heterocycles. The Morgan fingerprint density at radius 3 is 1.35 bits per heavy atom. The van der Waals surface area contributed by atoms with Crippen molar-refractivity contribution >= 4 is 23.9 Å². The number of aryl methyl sites for hydroxylation is 2. The minimum absolute atomic E-state index is 0.267. The molecule has 0 aliphatic heterocycles. The number of hydrogen-bond donors (Lipinski definition) is 2. The van der Waals surface area contributed by atoms with Gasteiger partial charge in [0, 0.05) is 11.8 Å². The van der Waals surface area contributed by atoms with Gasteiger partial charge in [0.15, 0.2) is 0 Å². The zero-order valence-corrected chi connectivity index (χ0v) is 17.5. The summed E-state index contributed by atoms with van der Waals surface area (Å²) in [6, 6.07) is 14.3. The van der Waals surface area contributed by atoms with Crippen molar-refractivity contribution in [3.63, 3.8) is 0 Å². The summed E-state index contributed by atoms with van der Waals surface area (Å²) in [5, 5.41) is 18.4.